The van der Waals surface area contributed by atoms with Crippen LogP contribution in [-0.2, 0) is 16.4 Å². The molecule has 1 N–H and O–H groups in total. The summed E-state index contributed by atoms with van der Waals surface area (Å²) in [6, 6.07) is 13.8. The zero-order valence-corrected chi connectivity index (χ0v) is 13.2. The number of nitrogens with one attached hydrogen (secondary N) is 1. The van der Waals surface area contributed by atoms with E-state index in [2.05, 4.69) is 17.4 Å². The Balaban J connectivity index is 1.71. The summed E-state index contributed by atoms with van der Waals surface area (Å²) < 4.78 is 27.1. The third kappa shape index (κ3) is 3.35. The van der Waals surface area contributed by atoms with Crippen molar-refractivity contribution in [1.29, 1.82) is 0 Å². The lowest BCUT2D eigenvalue weighted by Crippen LogP contribution is -2.53. The molecule has 1 saturated heterocycles. The topological polar surface area (TPSA) is 49.4 Å². The van der Waals surface area contributed by atoms with E-state index in [1.165, 1.54) is 16.9 Å². The van der Waals surface area contributed by atoms with Crippen LogP contribution in [0.25, 0.3) is 0 Å². The fourth-order valence-electron chi connectivity index (χ4n) is 2.59. The zero-order chi connectivity index (χ0) is 14.7. The summed E-state index contributed by atoms with van der Waals surface area (Å²) in [6.45, 7) is 1.75. The van der Waals surface area contributed by atoms with Gasteiger partial charge in [0.25, 0.3) is 10.0 Å². The predicted octanol–water partition coefficient (Wildman–Crippen LogP) is 1.95. The molecule has 1 fully saturated rings. The fraction of sp³-hybridized carbons (Fsp3) is 0.333. The molecule has 0 spiro atoms. The van der Waals surface area contributed by atoms with Gasteiger partial charge in [-0.2, -0.15) is 4.31 Å². The highest BCUT2D eigenvalue weighted by Gasteiger charge is 2.30. The summed E-state index contributed by atoms with van der Waals surface area (Å²) in [6.07, 6.45) is 0.845. The maximum atomic E-state index is 12.6. The molecule has 1 aromatic carbocycles. The lowest BCUT2D eigenvalue weighted by molar-refractivity contribution is 0.297. The van der Waals surface area contributed by atoms with Crippen molar-refractivity contribution in [2.45, 2.75) is 16.7 Å². The SMILES string of the molecule is O=S(=O)(c1cccs1)N1CCN[C@@H](Cc2ccccc2)C1. The minimum absolute atomic E-state index is 0.163. The van der Waals surface area contributed by atoms with Crippen LogP contribution in [0, 0.1) is 0 Å². The van der Waals surface area contributed by atoms with E-state index in [4.69, 9.17) is 0 Å². The van der Waals surface area contributed by atoms with Crippen molar-refractivity contribution in [2.24, 2.45) is 0 Å². The van der Waals surface area contributed by atoms with Gasteiger partial charge < -0.3 is 5.32 Å². The van der Waals surface area contributed by atoms with E-state index >= 15 is 0 Å². The monoisotopic (exact) mass is 322 g/mol. The molecule has 0 saturated carbocycles. The van der Waals surface area contributed by atoms with Gasteiger partial charge in [0.1, 0.15) is 4.21 Å². The molecule has 2 heterocycles. The van der Waals surface area contributed by atoms with E-state index in [1.54, 1.807) is 21.8 Å². The van der Waals surface area contributed by atoms with Crippen molar-refractivity contribution in [1.82, 2.24) is 9.62 Å². The summed E-state index contributed by atoms with van der Waals surface area (Å²) in [5.74, 6) is 0. The molecule has 1 aliphatic rings. The van der Waals surface area contributed by atoms with Crippen LogP contribution >= 0.6 is 11.3 Å². The van der Waals surface area contributed by atoms with Gasteiger partial charge in [0.15, 0.2) is 0 Å². The van der Waals surface area contributed by atoms with Gasteiger partial charge in [-0.05, 0) is 23.4 Å². The molecule has 3 rings (SSSR count). The molecule has 6 heteroatoms. The van der Waals surface area contributed by atoms with Gasteiger partial charge in [0.05, 0.1) is 0 Å². The van der Waals surface area contributed by atoms with Crippen molar-refractivity contribution in [3.63, 3.8) is 0 Å². The molecule has 1 aliphatic heterocycles. The fourth-order valence-corrected chi connectivity index (χ4v) is 5.22. The molecule has 0 unspecified atom stereocenters. The minimum Gasteiger partial charge on any atom is -0.311 e. The van der Waals surface area contributed by atoms with Crippen LogP contribution in [0.3, 0.4) is 0 Å². The highest BCUT2D eigenvalue weighted by molar-refractivity contribution is 7.91. The molecule has 112 valence electrons. The first kappa shape index (κ1) is 14.7. The Morgan fingerprint density at radius 2 is 2.00 bits per heavy atom. The van der Waals surface area contributed by atoms with Crippen molar-refractivity contribution in [3.8, 4) is 0 Å². The Kier molecular flexibility index (Phi) is 4.40. The number of hydrogen-bond donors (Lipinski definition) is 1. The largest absolute Gasteiger partial charge is 0.311 e. The molecule has 0 bridgehead atoms. The summed E-state index contributed by atoms with van der Waals surface area (Å²) in [5.41, 5.74) is 1.23. The van der Waals surface area contributed by atoms with Gasteiger partial charge in [0.2, 0.25) is 0 Å². The van der Waals surface area contributed by atoms with Crippen LogP contribution in [0.15, 0.2) is 52.1 Å². The maximum absolute atomic E-state index is 12.6. The number of piperazine rings is 1. The van der Waals surface area contributed by atoms with Gasteiger partial charge in [-0.15, -0.1) is 11.3 Å². The van der Waals surface area contributed by atoms with E-state index in [0.29, 0.717) is 23.8 Å². The van der Waals surface area contributed by atoms with Crippen LogP contribution in [0.2, 0.25) is 0 Å². The smallest absolute Gasteiger partial charge is 0.252 e. The number of sulfonamides is 1. The summed E-state index contributed by atoms with van der Waals surface area (Å²) in [4.78, 5) is 0. The summed E-state index contributed by atoms with van der Waals surface area (Å²) in [7, 11) is -3.33. The number of hydrogen-bond acceptors (Lipinski definition) is 4. The van der Waals surface area contributed by atoms with Crippen LogP contribution in [0.4, 0.5) is 0 Å². The summed E-state index contributed by atoms with van der Waals surface area (Å²) >= 11 is 1.28. The van der Waals surface area contributed by atoms with Crippen LogP contribution in [0.1, 0.15) is 5.56 Å². The maximum Gasteiger partial charge on any atom is 0.252 e. The van der Waals surface area contributed by atoms with Crippen LogP contribution in [0.5, 0.6) is 0 Å². The van der Waals surface area contributed by atoms with Gasteiger partial charge in [-0.1, -0.05) is 36.4 Å². The van der Waals surface area contributed by atoms with E-state index in [1.807, 2.05) is 18.2 Å². The van der Waals surface area contributed by atoms with E-state index in [9.17, 15) is 8.42 Å². The van der Waals surface area contributed by atoms with Gasteiger partial charge >= 0.3 is 0 Å². The second-order valence-electron chi connectivity index (χ2n) is 5.14. The molecule has 2 aromatic rings. The zero-order valence-electron chi connectivity index (χ0n) is 11.6. The van der Waals surface area contributed by atoms with Gasteiger partial charge in [-0.25, -0.2) is 8.42 Å². The van der Waals surface area contributed by atoms with E-state index in [-0.39, 0.29) is 6.04 Å². The third-order valence-corrected chi connectivity index (χ3v) is 6.87. The molecule has 1 atom stereocenters. The quantitative estimate of drug-likeness (QED) is 0.936. The Labute approximate surface area is 129 Å². The molecule has 1 aromatic heterocycles. The molecular weight excluding hydrogens is 304 g/mol. The molecular formula is C15H18N2O2S2. The van der Waals surface area contributed by atoms with Crippen molar-refractivity contribution in [3.05, 3.63) is 53.4 Å². The average molecular weight is 322 g/mol. The van der Waals surface area contributed by atoms with E-state index < -0.39 is 10.0 Å². The predicted molar refractivity (Wildman–Crippen MR) is 85.0 cm³/mol. The number of benzene rings is 1. The Hall–Kier alpha value is -1.21. The highest BCUT2D eigenvalue weighted by atomic mass is 32.2. The first-order chi connectivity index (χ1) is 10.2. The number of thiophene rings is 1. The van der Waals surface area contributed by atoms with Crippen LogP contribution < -0.4 is 5.32 Å². The summed E-state index contributed by atoms with van der Waals surface area (Å²) in [5, 5.41) is 5.21. The lowest BCUT2D eigenvalue weighted by atomic mass is 10.1. The first-order valence-corrected chi connectivity index (χ1v) is 9.29. The Morgan fingerprint density at radius 1 is 1.19 bits per heavy atom. The molecule has 0 amide bonds. The first-order valence-electron chi connectivity index (χ1n) is 6.97. The van der Waals surface area contributed by atoms with Crippen LogP contribution in [-0.4, -0.2) is 38.4 Å². The van der Waals surface area contributed by atoms with Gasteiger partial charge in [0, 0.05) is 25.7 Å². The highest BCUT2D eigenvalue weighted by Crippen LogP contribution is 2.22. The Morgan fingerprint density at radius 3 is 2.71 bits per heavy atom. The van der Waals surface area contributed by atoms with Crippen molar-refractivity contribution in [2.75, 3.05) is 19.6 Å². The third-order valence-electron chi connectivity index (χ3n) is 3.63. The second kappa shape index (κ2) is 6.27. The number of rotatable bonds is 4. The standard InChI is InChI=1S/C15H18N2O2S2/c18-21(19,15-7-4-10-20-15)17-9-8-16-14(12-17)11-13-5-2-1-3-6-13/h1-7,10,14,16H,8-9,11-12H2/t14-/m0/s1. The lowest BCUT2D eigenvalue weighted by Gasteiger charge is -2.32. The molecule has 0 aliphatic carbocycles. The van der Waals surface area contributed by atoms with Gasteiger partial charge in [-0.3, -0.25) is 0 Å². The normalized spacial score (nSPS) is 20.5. The average Bonchev–Trinajstić information content (AvgIpc) is 3.04. The van der Waals surface area contributed by atoms with Crippen molar-refractivity contribution < 1.29 is 8.42 Å². The molecule has 0 radical (unpaired) electrons. The second-order valence-corrected chi connectivity index (χ2v) is 8.25. The van der Waals surface area contributed by atoms with E-state index in [0.717, 1.165) is 6.42 Å². The van der Waals surface area contributed by atoms with Crippen molar-refractivity contribution >= 4 is 21.4 Å². The minimum atomic E-state index is -3.33. The Bertz CT molecular complexity index is 669. The molecule has 21 heavy (non-hydrogen) atoms. The molecule has 4 nitrogen and oxygen atoms in total. The number of nitrogens with zero attached hydrogens (tertiary/aromatic N) is 1.